The number of alkyl halides is 3. The van der Waals surface area contributed by atoms with Gasteiger partial charge in [-0.1, -0.05) is 6.07 Å². The van der Waals surface area contributed by atoms with E-state index in [9.17, 15) is 18.0 Å². The number of ether oxygens (including phenoxy) is 1. The largest absolute Gasteiger partial charge is 0.484 e. The number of hydrogen-bond donors (Lipinski definition) is 1. The van der Waals surface area contributed by atoms with Crippen molar-refractivity contribution in [3.05, 3.63) is 29.3 Å². The number of halogens is 4. The van der Waals surface area contributed by atoms with E-state index in [0.717, 1.165) is 57.5 Å². The van der Waals surface area contributed by atoms with E-state index < -0.39 is 23.6 Å². The average molecular weight is 391 g/mol. The Hall–Kier alpha value is -1.31. The molecule has 1 spiro atoms. The Labute approximate surface area is 155 Å². The van der Waals surface area contributed by atoms with Crippen LogP contribution in [0.5, 0.6) is 5.75 Å². The standard InChI is InChI=1S/C18H22ClF3N2O2/c19-16(25)12-26-15-10-14(18(20,21)22)3-2-13(15)11-24-9-1-4-17(24)5-7-23-8-6-17/h2-3,10,23H,1,4-9,11-12H2. The van der Waals surface area contributed by atoms with Crippen molar-refractivity contribution < 1.29 is 22.7 Å². The Morgan fingerprint density at radius 2 is 2.00 bits per heavy atom. The minimum Gasteiger partial charge on any atom is -0.484 e. The smallest absolute Gasteiger partial charge is 0.416 e. The zero-order valence-corrected chi connectivity index (χ0v) is 15.1. The summed E-state index contributed by atoms with van der Waals surface area (Å²) in [5.41, 5.74) is -0.0416. The molecule has 2 heterocycles. The van der Waals surface area contributed by atoms with Crippen LogP contribution in [0, 0.1) is 0 Å². The number of likely N-dealkylation sites (tertiary alicyclic amines) is 1. The quantitative estimate of drug-likeness (QED) is 0.780. The highest BCUT2D eigenvalue weighted by Gasteiger charge is 2.41. The van der Waals surface area contributed by atoms with Crippen molar-refractivity contribution >= 4 is 16.8 Å². The summed E-state index contributed by atoms with van der Waals surface area (Å²) in [4.78, 5) is 13.4. The first-order valence-electron chi connectivity index (χ1n) is 8.77. The Morgan fingerprint density at radius 3 is 2.65 bits per heavy atom. The first-order chi connectivity index (χ1) is 12.3. The molecule has 8 heteroatoms. The maximum absolute atomic E-state index is 13.0. The van der Waals surface area contributed by atoms with Gasteiger partial charge in [0.15, 0.2) is 6.61 Å². The molecule has 3 rings (SSSR count). The fraction of sp³-hybridized carbons (Fsp3) is 0.611. The SMILES string of the molecule is O=C(Cl)COc1cc(C(F)(F)F)ccc1CN1CCCC12CCNCC2. The van der Waals surface area contributed by atoms with Crippen molar-refractivity contribution in [2.75, 3.05) is 26.2 Å². The number of piperidine rings is 1. The van der Waals surface area contributed by atoms with Gasteiger partial charge in [0, 0.05) is 17.6 Å². The van der Waals surface area contributed by atoms with E-state index in [1.54, 1.807) is 0 Å². The van der Waals surface area contributed by atoms with Gasteiger partial charge in [-0.15, -0.1) is 0 Å². The maximum atomic E-state index is 13.0. The van der Waals surface area contributed by atoms with Crippen LogP contribution < -0.4 is 10.1 Å². The Bertz CT molecular complexity index is 660. The van der Waals surface area contributed by atoms with Crippen LogP contribution in [0.4, 0.5) is 13.2 Å². The van der Waals surface area contributed by atoms with Crippen LogP contribution in [0.1, 0.15) is 36.8 Å². The molecular weight excluding hydrogens is 369 g/mol. The third-order valence-corrected chi connectivity index (χ3v) is 5.48. The molecule has 0 aliphatic carbocycles. The van der Waals surface area contributed by atoms with E-state index in [1.807, 2.05) is 0 Å². The molecule has 0 atom stereocenters. The molecular formula is C18H22ClF3N2O2. The highest BCUT2D eigenvalue weighted by atomic mass is 35.5. The molecule has 26 heavy (non-hydrogen) atoms. The van der Waals surface area contributed by atoms with Crippen molar-refractivity contribution in [3.63, 3.8) is 0 Å². The first-order valence-corrected chi connectivity index (χ1v) is 9.15. The summed E-state index contributed by atoms with van der Waals surface area (Å²) in [5, 5.41) is 2.61. The Kier molecular flexibility index (Phi) is 5.79. The number of benzene rings is 1. The predicted octanol–water partition coefficient (Wildman–Crippen LogP) is 3.57. The molecule has 2 saturated heterocycles. The number of nitrogens with zero attached hydrogens (tertiary/aromatic N) is 1. The van der Waals surface area contributed by atoms with Gasteiger partial charge in [0.2, 0.25) is 0 Å². The first kappa shape index (κ1) is 19.5. The monoisotopic (exact) mass is 390 g/mol. The Morgan fingerprint density at radius 1 is 1.27 bits per heavy atom. The second-order valence-corrected chi connectivity index (χ2v) is 7.39. The summed E-state index contributed by atoms with van der Waals surface area (Å²) in [6.07, 6.45) is -0.220. The lowest BCUT2D eigenvalue weighted by molar-refractivity contribution is -0.137. The number of carbonyl (C=O) groups excluding carboxylic acids is 1. The number of hydrogen-bond acceptors (Lipinski definition) is 4. The number of rotatable bonds is 5. The van der Waals surface area contributed by atoms with Crippen molar-refractivity contribution in [3.8, 4) is 5.75 Å². The summed E-state index contributed by atoms with van der Waals surface area (Å²) in [5.74, 6) is 0.0739. The van der Waals surface area contributed by atoms with Gasteiger partial charge >= 0.3 is 6.18 Å². The molecule has 2 aliphatic rings. The highest BCUT2D eigenvalue weighted by molar-refractivity contribution is 6.63. The minimum atomic E-state index is -4.47. The predicted molar refractivity (Wildman–Crippen MR) is 92.3 cm³/mol. The molecule has 0 aromatic heterocycles. The molecule has 0 amide bonds. The molecule has 2 fully saturated rings. The van der Waals surface area contributed by atoms with E-state index in [1.165, 1.54) is 6.07 Å². The highest BCUT2D eigenvalue weighted by Crippen LogP contribution is 2.40. The van der Waals surface area contributed by atoms with E-state index in [0.29, 0.717) is 12.1 Å². The zero-order chi connectivity index (χ0) is 18.8. The van der Waals surface area contributed by atoms with Crippen molar-refractivity contribution in [2.24, 2.45) is 0 Å². The van der Waals surface area contributed by atoms with Crippen LogP contribution in [0.3, 0.4) is 0 Å². The van der Waals surface area contributed by atoms with Gasteiger partial charge in [0.25, 0.3) is 5.24 Å². The summed E-state index contributed by atoms with van der Waals surface area (Å²) in [7, 11) is 0. The third-order valence-electron chi connectivity index (χ3n) is 5.37. The summed E-state index contributed by atoms with van der Waals surface area (Å²) in [6, 6.07) is 3.47. The van der Waals surface area contributed by atoms with E-state index >= 15 is 0 Å². The molecule has 0 unspecified atom stereocenters. The minimum absolute atomic E-state index is 0.0739. The summed E-state index contributed by atoms with van der Waals surface area (Å²) in [6.45, 7) is 2.87. The van der Waals surface area contributed by atoms with Crippen LogP contribution in [-0.2, 0) is 17.5 Å². The van der Waals surface area contributed by atoms with Crippen molar-refractivity contribution in [2.45, 2.75) is 43.9 Å². The summed E-state index contributed by atoms with van der Waals surface area (Å²) < 4.78 is 44.4. The molecule has 1 N–H and O–H groups in total. The van der Waals surface area contributed by atoms with Gasteiger partial charge in [0.1, 0.15) is 5.75 Å². The zero-order valence-electron chi connectivity index (χ0n) is 14.4. The van der Waals surface area contributed by atoms with E-state index in [4.69, 9.17) is 16.3 Å². The van der Waals surface area contributed by atoms with Crippen LogP contribution in [-0.4, -0.2) is 41.9 Å². The molecule has 0 bridgehead atoms. The summed E-state index contributed by atoms with van der Waals surface area (Å²) >= 11 is 5.29. The van der Waals surface area contributed by atoms with E-state index in [-0.39, 0.29) is 11.3 Å². The van der Waals surface area contributed by atoms with Crippen LogP contribution in [0.25, 0.3) is 0 Å². The lowest BCUT2D eigenvalue weighted by Gasteiger charge is -2.42. The van der Waals surface area contributed by atoms with Gasteiger partial charge in [-0.25, -0.2) is 0 Å². The second-order valence-electron chi connectivity index (χ2n) is 6.96. The molecule has 1 aromatic carbocycles. The van der Waals surface area contributed by atoms with Gasteiger partial charge < -0.3 is 10.1 Å². The maximum Gasteiger partial charge on any atom is 0.416 e. The van der Waals surface area contributed by atoms with Crippen LogP contribution >= 0.6 is 11.6 Å². The number of nitrogens with one attached hydrogen (secondary N) is 1. The fourth-order valence-corrected chi connectivity index (χ4v) is 4.09. The topological polar surface area (TPSA) is 41.6 Å². The van der Waals surface area contributed by atoms with Crippen molar-refractivity contribution in [1.82, 2.24) is 10.2 Å². The average Bonchev–Trinajstić information content (AvgIpc) is 2.95. The molecule has 4 nitrogen and oxygen atoms in total. The molecule has 1 aromatic rings. The van der Waals surface area contributed by atoms with Crippen molar-refractivity contribution in [1.29, 1.82) is 0 Å². The van der Waals surface area contributed by atoms with Crippen LogP contribution in [0.15, 0.2) is 18.2 Å². The van der Waals surface area contributed by atoms with Gasteiger partial charge in [0.05, 0.1) is 5.56 Å². The number of carbonyl (C=O) groups is 1. The van der Waals surface area contributed by atoms with Crippen LogP contribution in [0.2, 0.25) is 0 Å². The van der Waals surface area contributed by atoms with E-state index in [2.05, 4.69) is 10.2 Å². The van der Waals surface area contributed by atoms with Gasteiger partial charge in [-0.05, 0) is 69.1 Å². The van der Waals surface area contributed by atoms with Gasteiger partial charge in [-0.3, -0.25) is 9.69 Å². The lowest BCUT2D eigenvalue weighted by atomic mass is 9.85. The fourth-order valence-electron chi connectivity index (χ4n) is 4.04. The normalized spacial score (nSPS) is 20.5. The Balaban J connectivity index is 1.84. The lowest BCUT2D eigenvalue weighted by Crippen LogP contribution is -2.50. The van der Waals surface area contributed by atoms with Gasteiger partial charge in [-0.2, -0.15) is 13.2 Å². The second kappa shape index (κ2) is 7.74. The molecule has 2 aliphatic heterocycles. The molecule has 0 saturated carbocycles. The third kappa shape index (κ3) is 4.32. The molecule has 144 valence electrons. The molecule has 0 radical (unpaired) electrons.